The van der Waals surface area contributed by atoms with Crippen LogP contribution in [0.2, 0.25) is 5.02 Å². The monoisotopic (exact) mass is 388 g/mol. The van der Waals surface area contributed by atoms with Crippen molar-refractivity contribution in [3.05, 3.63) is 58.6 Å². The Morgan fingerprint density at radius 2 is 1.88 bits per heavy atom. The summed E-state index contributed by atoms with van der Waals surface area (Å²) in [7, 11) is 1.78. The largest absolute Gasteiger partial charge is 0.383 e. The van der Waals surface area contributed by atoms with Crippen molar-refractivity contribution in [1.29, 1.82) is 0 Å². The minimum atomic E-state index is 0.419. The number of nitrogens with zero attached hydrogens (tertiary/aromatic N) is 2. The number of benzene rings is 2. The van der Waals surface area contributed by atoms with Crippen molar-refractivity contribution in [2.75, 3.05) is 46.4 Å². The van der Waals surface area contributed by atoms with Crippen molar-refractivity contribution in [3.8, 4) is 0 Å². The molecule has 0 radical (unpaired) electrons. The van der Waals surface area contributed by atoms with Crippen LogP contribution in [0.4, 0.5) is 0 Å². The van der Waals surface area contributed by atoms with Gasteiger partial charge in [0.25, 0.3) is 0 Å². The molecule has 0 bridgehead atoms. The number of rotatable bonds is 4. The molecule has 0 spiro atoms. The predicted octanol–water partition coefficient (Wildman–Crippen LogP) is 4.35. The minimum absolute atomic E-state index is 0.419. The Morgan fingerprint density at radius 3 is 2.69 bits per heavy atom. The second kappa shape index (κ2) is 8.32. The summed E-state index contributed by atoms with van der Waals surface area (Å²) in [6, 6.07) is 15.6. The van der Waals surface area contributed by atoms with Gasteiger partial charge in [0.2, 0.25) is 0 Å². The normalized spacial score (nSPS) is 21.1. The van der Waals surface area contributed by atoms with Crippen LogP contribution >= 0.6 is 23.4 Å². The molecule has 4 rings (SSSR count). The summed E-state index contributed by atoms with van der Waals surface area (Å²) < 4.78 is 5.23. The highest BCUT2D eigenvalue weighted by Crippen LogP contribution is 2.43. The Labute approximate surface area is 165 Å². The van der Waals surface area contributed by atoms with Crippen LogP contribution < -0.4 is 0 Å². The second-order valence-electron chi connectivity index (χ2n) is 6.98. The maximum atomic E-state index is 6.30. The predicted molar refractivity (Wildman–Crippen MR) is 108 cm³/mol. The molecule has 138 valence electrons. The van der Waals surface area contributed by atoms with Crippen LogP contribution in [-0.2, 0) is 11.2 Å². The topological polar surface area (TPSA) is 15.7 Å². The molecule has 26 heavy (non-hydrogen) atoms. The van der Waals surface area contributed by atoms with Gasteiger partial charge in [0.05, 0.1) is 6.61 Å². The highest BCUT2D eigenvalue weighted by atomic mass is 35.5. The molecule has 1 saturated heterocycles. The van der Waals surface area contributed by atoms with E-state index in [4.69, 9.17) is 16.3 Å². The molecule has 2 aliphatic rings. The highest BCUT2D eigenvalue weighted by Gasteiger charge is 2.29. The molecular weight excluding hydrogens is 364 g/mol. The number of ether oxygens (including phenoxy) is 1. The molecule has 0 amide bonds. The molecule has 2 aliphatic heterocycles. The quantitative estimate of drug-likeness (QED) is 0.773. The van der Waals surface area contributed by atoms with Crippen LogP contribution in [0.3, 0.4) is 0 Å². The molecule has 0 saturated carbocycles. The zero-order chi connectivity index (χ0) is 17.9. The lowest BCUT2D eigenvalue weighted by atomic mass is 9.96. The van der Waals surface area contributed by atoms with Crippen LogP contribution in [0.5, 0.6) is 0 Å². The summed E-state index contributed by atoms with van der Waals surface area (Å²) in [5, 5.41) is 0.832. The molecule has 2 heterocycles. The average Bonchev–Trinajstić information content (AvgIpc) is 2.83. The van der Waals surface area contributed by atoms with E-state index in [0.29, 0.717) is 6.04 Å². The van der Waals surface area contributed by atoms with Gasteiger partial charge in [-0.15, -0.1) is 0 Å². The molecule has 2 aromatic carbocycles. The van der Waals surface area contributed by atoms with Gasteiger partial charge in [0.15, 0.2) is 0 Å². The SMILES string of the molecule is COCCN1CCN(C2Cc3cc(Cl)ccc3Sc3ccccc32)CC1. The molecule has 1 fully saturated rings. The van der Waals surface area contributed by atoms with Crippen LogP contribution in [0.25, 0.3) is 0 Å². The van der Waals surface area contributed by atoms with Gasteiger partial charge in [-0.25, -0.2) is 0 Å². The van der Waals surface area contributed by atoms with Crippen LogP contribution in [-0.4, -0.2) is 56.2 Å². The van der Waals surface area contributed by atoms with E-state index < -0.39 is 0 Å². The van der Waals surface area contributed by atoms with Crippen molar-refractivity contribution in [2.45, 2.75) is 22.3 Å². The summed E-state index contributed by atoms with van der Waals surface area (Å²) in [6.07, 6.45) is 1.03. The summed E-state index contributed by atoms with van der Waals surface area (Å²) >= 11 is 8.18. The number of fused-ring (bicyclic) bond motifs is 2. The van der Waals surface area contributed by atoms with E-state index in [0.717, 1.165) is 50.8 Å². The number of methoxy groups -OCH3 is 1. The fourth-order valence-electron chi connectivity index (χ4n) is 3.94. The Morgan fingerprint density at radius 1 is 1.08 bits per heavy atom. The third-order valence-electron chi connectivity index (χ3n) is 5.39. The average molecular weight is 389 g/mol. The number of halogens is 1. The third-order valence-corrected chi connectivity index (χ3v) is 6.84. The van der Waals surface area contributed by atoms with Crippen molar-refractivity contribution in [3.63, 3.8) is 0 Å². The Hall–Kier alpha value is -1.04. The van der Waals surface area contributed by atoms with Gasteiger partial charge in [-0.1, -0.05) is 41.6 Å². The van der Waals surface area contributed by atoms with Crippen molar-refractivity contribution in [2.24, 2.45) is 0 Å². The van der Waals surface area contributed by atoms with Crippen molar-refractivity contribution >= 4 is 23.4 Å². The Kier molecular flexibility index (Phi) is 5.87. The minimum Gasteiger partial charge on any atom is -0.383 e. The van der Waals surface area contributed by atoms with Crippen molar-refractivity contribution < 1.29 is 4.74 Å². The molecule has 3 nitrogen and oxygen atoms in total. The zero-order valence-corrected chi connectivity index (χ0v) is 16.7. The lowest BCUT2D eigenvalue weighted by molar-refractivity contribution is 0.0734. The lowest BCUT2D eigenvalue weighted by Gasteiger charge is -2.39. The molecule has 1 atom stereocenters. The fourth-order valence-corrected chi connectivity index (χ4v) is 5.25. The molecule has 2 aromatic rings. The first kappa shape index (κ1) is 18.3. The van der Waals surface area contributed by atoms with E-state index >= 15 is 0 Å². The summed E-state index contributed by atoms with van der Waals surface area (Å²) in [4.78, 5) is 7.87. The van der Waals surface area contributed by atoms with Crippen LogP contribution in [0, 0.1) is 0 Å². The number of piperazine rings is 1. The van der Waals surface area contributed by atoms with Gasteiger partial charge < -0.3 is 4.74 Å². The standard InChI is InChI=1S/C21H25ClN2OS/c1-25-13-12-23-8-10-24(11-9-23)19-15-16-14-17(22)6-7-20(16)26-21-5-3-2-4-18(19)21/h2-7,14,19H,8-13,15H2,1H3. The summed E-state index contributed by atoms with van der Waals surface area (Å²) in [5.41, 5.74) is 2.82. The molecule has 5 heteroatoms. The van der Waals surface area contributed by atoms with E-state index in [1.807, 2.05) is 17.8 Å². The van der Waals surface area contributed by atoms with Gasteiger partial charge in [0.1, 0.15) is 0 Å². The first-order valence-electron chi connectivity index (χ1n) is 9.25. The van der Waals surface area contributed by atoms with E-state index in [1.165, 1.54) is 20.9 Å². The van der Waals surface area contributed by atoms with Crippen LogP contribution in [0.1, 0.15) is 17.2 Å². The van der Waals surface area contributed by atoms with Gasteiger partial charge in [-0.2, -0.15) is 0 Å². The first-order valence-corrected chi connectivity index (χ1v) is 10.4. The number of hydrogen-bond donors (Lipinski definition) is 0. The summed E-state index contributed by atoms with van der Waals surface area (Å²) in [5.74, 6) is 0. The summed E-state index contributed by atoms with van der Waals surface area (Å²) in [6.45, 7) is 6.26. The van der Waals surface area contributed by atoms with Gasteiger partial charge in [-0.05, 0) is 41.8 Å². The first-order chi connectivity index (χ1) is 12.7. The van der Waals surface area contributed by atoms with Gasteiger partial charge in [0, 0.05) is 60.7 Å². The molecular formula is C21H25ClN2OS. The van der Waals surface area contributed by atoms with E-state index in [1.54, 1.807) is 7.11 Å². The van der Waals surface area contributed by atoms with E-state index in [2.05, 4.69) is 46.2 Å². The zero-order valence-electron chi connectivity index (χ0n) is 15.2. The molecule has 0 N–H and O–H groups in total. The molecule has 1 unspecified atom stereocenters. The Balaban J connectivity index is 1.59. The van der Waals surface area contributed by atoms with Gasteiger partial charge >= 0.3 is 0 Å². The second-order valence-corrected chi connectivity index (χ2v) is 8.50. The van der Waals surface area contributed by atoms with E-state index in [9.17, 15) is 0 Å². The van der Waals surface area contributed by atoms with Crippen molar-refractivity contribution in [1.82, 2.24) is 9.80 Å². The highest BCUT2D eigenvalue weighted by molar-refractivity contribution is 7.99. The maximum Gasteiger partial charge on any atom is 0.0589 e. The number of hydrogen-bond acceptors (Lipinski definition) is 4. The van der Waals surface area contributed by atoms with Gasteiger partial charge in [-0.3, -0.25) is 9.80 Å². The Bertz CT molecular complexity index is 761. The lowest BCUT2D eigenvalue weighted by Crippen LogP contribution is -2.48. The maximum absolute atomic E-state index is 6.30. The smallest absolute Gasteiger partial charge is 0.0589 e. The third kappa shape index (κ3) is 3.95. The fraction of sp³-hybridized carbons (Fsp3) is 0.429. The molecule has 0 aromatic heterocycles. The molecule has 0 aliphatic carbocycles. The van der Waals surface area contributed by atoms with E-state index in [-0.39, 0.29) is 0 Å². The van der Waals surface area contributed by atoms with Crippen LogP contribution in [0.15, 0.2) is 52.3 Å².